The van der Waals surface area contributed by atoms with Crippen LogP contribution in [-0.2, 0) is 10.3 Å². The Morgan fingerprint density at radius 1 is 0.739 bits per heavy atom. The molecule has 0 unspecified atom stereocenters. The molecule has 3 aromatic rings. The van der Waals surface area contributed by atoms with Crippen LogP contribution in [-0.4, -0.2) is 6.61 Å². The summed E-state index contributed by atoms with van der Waals surface area (Å²) in [6.45, 7) is 2.69. The molecule has 0 bridgehead atoms. The molecule has 2 heteroatoms. The number of para-hydroxylation sites is 2. The van der Waals surface area contributed by atoms with Crippen LogP contribution in [0.15, 0.2) is 78.9 Å². The molecular formula is C21H19NO. The molecule has 1 aliphatic rings. The van der Waals surface area contributed by atoms with E-state index in [0.29, 0.717) is 6.61 Å². The zero-order chi connectivity index (χ0) is 15.7. The Kier molecular flexibility index (Phi) is 3.40. The number of fused-ring (bicyclic) bond motifs is 2. The number of benzene rings is 3. The summed E-state index contributed by atoms with van der Waals surface area (Å²) in [5.41, 5.74) is 5.10. The number of hydrogen-bond donors (Lipinski definition) is 1. The van der Waals surface area contributed by atoms with E-state index in [2.05, 4.69) is 85.0 Å². The van der Waals surface area contributed by atoms with Crippen LogP contribution in [0.5, 0.6) is 0 Å². The summed E-state index contributed by atoms with van der Waals surface area (Å²) in [7, 11) is 0. The molecule has 0 saturated carbocycles. The molecule has 0 amide bonds. The van der Waals surface area contributed by atoms with Gasteiger partial charge in [-0.05, 0) is 24.6 Å². The van der Waals surface area contributed by atoms with Crippen LogP contribution in [0.2, 0.25) is 0 Å². The zero-order valence-corrected chi connectivity index (χ0v) is 13.1. The van der Waals surface area contributed by atoms with Crippen molar-refractivity contribution in [1.29, 1.82) is 0 Å². The van der Waals surface area contributed by atoms with Gasteiger partial charge in [-0.2, -0.15) is 0 Å². The summed E-state index contributed by atoms with van der Waals surface area (Å²) < 4.78 is 6.47. The lowest BCUT2D eigenvalue weighted by atomic mass is 9.76. The van der Waals surface area contributed by atoms with Crippen LogP contribution < -0.4 is 5.32 Å². The fraction of sp³-hybridized carbons (Fsp3) is 0.143. The van der Waals surface area contributed by atoms with Crippen LogP contribution in [0.1, 0.15) is 23.6 Å². The molecule has 23 heavy (non-hydrogen) atoms. The van der Waals surface area contributed by atoms with E-state index in [0.717, 1.165) is 28.1 Å². The first-order valence-corrected chi connectivity index (χ1v) is 8.02. The molecule has 0 saturated heterocycles. The highest BCUT2D eigenvalue weighted by Crippen LogP contribution is 2.50. The minimum atomic E-state index is -0.575. The predicted octanol–water partition coefficient (Wildman–Crippen LogP) is 5.07. The molecule has 114 valence electrons. The number of ether oxygens (including phenoxy) is 1. The van der Waals surface area contributed by atoms with E-state index >= 15 is 0 Å². The zero-order valence-electron chi connectivity index (χ0n) is 13.1. The number of nitrogens with one attached hydrogen (secondary N) is 1. The third kappa shape index (κ3) is 2.07. The van der Waals surface area contributed by atoms with Crippen molar-refractivity contribution >= 4 is 11.4 Å². The van der Waals surface area contributed by atoms with Gasteiger partial charge in [-0.3, -0.25) is 0 Å². The van der Waals surface area contributed by atoms with E-state index in [4.69, 9.17) is 4.74 Å². The van der Waals surface area contributed by atoms with Crippen LogP contribution in [0.25, 0.3) is 0 Å². The minimum absolute atomic E-state index is 0.575. The van der Waals surface area contributed by atoms with Gasteiger partial charge < -0.3 is 10.1 Å². The van der Waals surface area contributed by atoms with Crippen molar-refractivity contribution in [2.75, 3.05) is 11.9 Å². The SMILES string of the molecule is CCOC1(c2ccccc2)c2ccccc2Nc2ccccc21. The van der Waals surface area contributed by atoms with Crippen molar-refractivity contribution in [2.45, 2.75) is 12.5 Å². The first kappa shape index (κ1) is 14.0. The standard InChI is InChI=1S/C21H19NO/c1-2-23-21(16-10-4-3-5-11-16)17-12-6-8-14-19(17)22-20-15-9-7-13-18(20)21/h3-15,22H,2H2,1H3. The third-order valence-corrected chi connectivity index (χ3v) is 4.42. The van der Waals surface area contributed by atoms with E-state index in [-0.39, 0.29) is 0 Å². The topological polar surface area (TPSA) is 21.3 Å². The molecule has 4 rings (SSSR count). The van der Waals surface area contributed by atoms with Gasteiger partial charge in [0.15, 0.2) is 0 Å². The fourth-order valence-electron chi connectivity index (χ4n) is 3.53. The van der Waals surface area contributed by atoms with Crippen LogP contribution in [0, 0.1) is 0 Å². The molecule has 0 atom stereocenters. The minimum Gasteiger partial charge on any atom is -0.361 e. The van der Waals surface area contributed by atoms with Gasteiger partial charge in [-0.25, -0.2) is 0 Å². The van der Waals surface area contributed by atoms with Crippen molar-refractivity contribution in [1.82, 2.24) is 0 Å². The van der Waals surface area contributed by atoms with Gasteiger partial charge in [0, 0.05) is 29.1 Å². The molecule has 2 nitrogen and oxygen atoms in total. The molecule has 1 aliphatic heterocycles. The lowest BCUT2D eigenvalue weighted by Crippen LogP contribution is -2.36. The van der Waals surface area contributed by atoms with Gasteiger partial charge in [0.1, 0.15) is 5.60 Å². The maximum Gasteiger partial charge on any atom is 0.147 e. The van der Waals surface area contributed by atoms with Crippen LogP contribution >= 0.6 is 0 Å². The molecule has 1 heterocycles. The van der Waals surface area contributed by atoms with E-state index in [1.165, 1.54) is 0 Å². The molecule has 0 aromatic heterocycles. The second-order valence-electron chi connectivity index (χ2n) is 5.70. The first-order valence-electron chi connectivity index (χ1n) is 8.02. The van der Waals surface area contributed by atoms with E-state index in [9.17, 15) is 0 Å². The summed E-state index contributed by atoms with van der Waals surface area (Å²) in [4.78, 5) is 0. The molecule has 1 N–H and O–H groups in total. The highest BCUT2D eigenvalue weighted by atomic mass is 16.5. The van der Waals surface area contributed by atoms with Crippen molar-refractivity contribution < 1.29 is 4.74 Å². The van der Waals surface area contributed by atoms with Gasteiger partial charge >= 0.3 is 0 Å². The van der Waals surface area contributed by atoms with E-state index in [1.807, 2.05) is 6.07 Å². The van der Waals surface area contributed by atoms with Crippen molar-refractivity contribution in [3.05, 3.63) is 95.6 Å². The third-order valence-electron chi connectivity index (χ3n) is 4.42. The maximum absolute atomic E-state index is 6.47. The van der Waals surface area contributed by atoms with Crippen molar-refractivity contribution in [3.63, 3.8) is 0 Å². The summed E-state index contributed by atoms with van der Waals surface area (Å²) in [6, 6.07) is 27.3. The average molecular weight is 301 g/mol. The summed E-state index contributed by atoms with van der Waals surface area (Å²) in [5.74, 6) is 0. The Labute approximate surface area is 136 Å². The molecule has 3 aromatic carbocycles. The van der Waals surface area contributed by atoms with Crippen LogP contribution in [0.3, 0.4) is 0 Å². The molecule has 0 aliphatic carbocycles. The quantitative estimate of drug-likeness (QED) is 0.729. The second-order valence-corrected chi connectivity index (χ2v) is 5.70. The van der Waals surface area contributed by atoms with Gasteiger partial charge in [0.05, 0.1) is 0 Å². The highest BCUT2D eigenvalue weighted by Gasteiger charge is 2.43. The van der Waals surface area contributed by atoms with Gasteiger partial charge in [0.25, 0.3) is 0 Å². The van der Waals surface area contributed by atoms with Gasteiger partial charge in [-0.15, -0.1) is 0 Å². The first-order chi connectivity index (χ1) is 11.4. The Hall–Kier alpha value is -2.58. The summed E-state index contributed by atoms with van der Waals surface area (Å²) >= 11 is 0. The largest absolute Gasteiger partial charge is 0.361 e. The van der Waals surface area contributed by atoms with E-state index in [1.54, 1.807) is 0 Å². The lowest BCUT2D eigenvalue weighted by Gasteiger charge is -2.41. The molecule has 0 fully saturated rings. The van der Waals surface area contributed by atoms with E-state index < -0.39 is 5.60 Å². The van der Waals surface area contributed by atoms with Gasteiger partial charge in [-0.1, -0.05) is 66.7 Å². The Morgan fingerprint density at radius 3 is 1.83 bits per heavy atom. The monoisotopic (exact) mass is 301 g/mol. The smallest absolute Gasteiger partial charge is 0.147 e. The van der Waals surface area contributed by atoms with Crippen molar-refractivity contribution in [2.24, 2.45) is 0 Å². The number of anilines is 2. The predicted molar refractivity (Wildman–Crippen MR) is 94.1 cm³/mol. The molecule has 0 radical (unpaired) electrons. The Balaban J connectivity index is 2.08. The summed E-state index contributed by atoms with van der Waals surface area (Å²) in [6.07, 6.45) is 0. The maximum atomic E-state index is 6.47. The highest BCUT2D eigenvalue weighted by molar-refractivity contribution is 5.77. The summed E-state index contributed by atoms with van der Waals surface area (Å²) in [5, 5.41) is 3.54. The lowest BCUT2D eigenvalue weighted by molar-refractivity contribution is 0.0217. The fourth-order valence-corrected chi connectivity index (χ4v) is 3.53. The Morgan fingerprint density at radius 2 is 1.26 bits per heavy atom. The van der Waals surface area contributed by atoms with Crippen molar-refractivity contribution in [3.8, 4) is 0 Å². The number of hydrogen-bond acceptors (Lipinski definition) is 2. The van der Waals surface area contributed by atoms with Gasteiger partial charge in [0.2, 0.25) is 0 Å². The Bertz CT molecular complexity index is 781. The average Bonchev–Trinajstić information content (AvgIpc) is 2.62. The van der Waals surface area contributed by atoms with Crippen LogP contribution in [0.4, 0.5) is 11.4 Å². The second kappa shape index (κ2) is 5.56. The normalized spacial score (nSPS) is 14.5. The number of rotatable bonds is 3. The molecular weight excluding hydrogens is 282 g/mol. The molecule has 0 spiro atoms.